The van der Waals surface area contributed by atoms with Crippen LogP contribution in [0, 0.1) is 6.92 Å². The predicted octanol–water partition coefficient (Wildman–Crippen LogP) is 2.87. The third-order valence-corrected chi connectivity index (χ3v) is 6.18. The monoisotopic (exact) mass is 473 g/mol. The molecule has 0 saturated carbocycles. The number of carbonyl (C=O) groups is 1. The lowest BCUT2D eigenvalue weighted by molar-refractivity contribution is -0.122. The van der Waals surface area contributed by atoms with Crippen LogP contribution in [0.2, 0.25) is 0 Å². The van der Waals surface area contributed by atoms with Crippen LogP contribution in [-0.2, 0) is 30.8 Å². The summed E-state index contributed by atoms with van der Waals surface area (Å²) in [6.07, 6.45) is 1.62. The summed E-state index contributed by atoms with van der Waals surface area (Å²) in [4.78, 5) is 39.9. The zero-order valence-electron chi connectivity index (χ0n) is 20.4. The molecule has 2 aromatic carbocycles. The summed E-state index contributed by atoms with van der Waals surface area (Å²) in [7, 11) is 0. The van der Waals surface area contributed by atoms with E-state index in [4.69, 9.17) is 0 Å². The number of nitrogens with zero attached hydrogens (tertiary/aromatic N) is 4. The minimum absolute atomic E-state index is 0.0661. The highest BCUT2D eigenvalue weighted by atomic mass is 16.2. The van der Waals surface area contributed by atoms with Crippen LogP contribution in [0.1, 0.15) is 37.1 Å². The number of amides is 1. The average Bonchev–Trinajstić information content (AvgIpc) is 3.20. The van der Waals surface area contributed by atoms with E-state index >= 15 is 0 Å². The second-order valence-electron chi connectivity index (χ2n) is 8.84. The van der Waals surface area contributed by atoms with Crippen LogP contribution in [0.25, 0.3) is 11.0 Å². The van der Waals surface area contributed by atoms with E-state index in [1.807, 2.05) is 62.4 Å². The number of aryl methyl sites for hydroxylation is 3. The highest BCUT2D eigenvalue weighted by molar-refractivity contribution is 5.81. The molecule has 0 aliphatic rings. The van der Waals surface area contributed by atoms with Crippen LogP contribution < -0.4 is 16.6 Å². The largest absolute Gasteiger partial charge is 0.352 e. The molecule has 2 heterocycles. The quantitative estimate of drug-likeness (QED) is 0.405. The van der Waals surface area contributed by atoms with Crippen LogP contribution in [0.3, 0.4) is 0 Å². The maximum atomic E-state index is 13.5. The first-order valence-corrected chi connectivity index (χ1v) is 12.0. The van der Waals surface area contributed by atoms with Crippen molar-refractivity contribution < 1.29 is 4.79 Å². The van der Waals surface area contributed by atoms with E-state index < -0.39 is 11.2 Å². The fourth-order valence-electron chi connectivity index (χ4n) is 4.41. The number of nitrogens with one attached hydrogen (secondary N) is 1. The van der Waals surface area contributed by atoms with Gasteiger partial charge >= 0.3 is 5.69 Å². The summed E-state index contributed by atoms with van der Waals surface area (Å²) < 4.78 is 4.18. The summed E-state index contributed by atoms with van der Waals surface area (Å²) >= 11 is 0. The van der Waals surface area contributed by atoms with E-state index in [-0.39, 0.29) is 25.0 Å². The van der Waals surface area contributed by atoms with Gasteiger partial charge in [-0.25, -0.2) is 4.79 Å². The maximum Gasteiger partial charge on any atom is 0.332 e. The Morgan fingerprint density at radius 2 is 1.57 bits per heavy atom. The standard InChI is InChI=1S/C27H31N5O3/c1-4-32-25-24(20(3)29-32)30(27(35)31(26(25)34)17-22-13-9-6-10-14-22)18-23(33)28-19(2)15-16-21-11-7-5-8-12-21/h5-14,19H,4,15-18H2,1-3H3,(H,28,33). The van der Waals surface area contributed by atoms with Crippen molar-refractivity contribution in [3.63, 3.8) is 0 Å². The minimum Gasteiger partial charge on any atom is -0.352 e. The minimum atomic E-state index is -0.516. The molecule has 0 bridgehead atoms. The van der Waals surface area contributed by atoms with Gasteiger partial charge in [-0.1, -0.05) is 60.7 Å². The summed E-state index contributed by atoms with van der Waals surface area (Å²) in [6.45, 7) is 6.02. The number of hydrogen-bond acceptors (Lipinski definition) is 4. The number of rotatable bonds is 9. The van der Waals surface area contributed by atoms with Gasteiger partial charge in [0.1, 0.15) is 12.1 Å². The number of benzene rings is 2. The van der Waals surface area contributed by atoms with Gasteiger partial charge in [-0.15, -0.1) is 0 Å². The van der Waals surface area contributed by atoms with E-state index in [1.165, 1.54) is 14.7 Å². The molecule has 0 aliphatic carbocycles. The predicted molar refractivity (Wildman–Crippen MR) is 137 cm³/mol. The fourth-order valence-corrected chi connectivity index (χ4v) is 4.41. The van der Waals surface area contributed by atoms with Gasteiger partial charge in [-0.05, 0) is 44.7 Å². The highest BCUT2D eigenvalue weighted by Gasteiger charge is 2.22. The van der Waals surface area contributed by atoms with Crippen molar-refractivity contribution in [2.45, 2.75) is 59.3 Å². The van der Waals surface area contributed by atoms with Gasteiger partial charge in [0.15, 0.2) is 5.52 Å². The second-order valence-corrected chi connectivity index (χ2v) is 8.84. The first kappa shape index (κ1) is 24.2. The van der Waals surface area contributed by atoms with Crippen molar-refractivity contribution in [2.75, 3.05) is 0 Å². The Morgan fingerprint density at radius 1 is 0.943 bits per heavy atom. The molecule has 8 nitrogen and oxygen atoms in total. The molecule has 1 amide bonds. The van der Waals surface area contributed by atoms with Crippen molar-refractivity contribution in [1.82, 2.24) is 24.2 Å². The van der Waals surface area contributed by atoms with Gasteiger partial charge in [0.2, 0.25) is 5.91 Å². The first-order chi connectivity index (χ1) is 16.9. The summed E-state index contributed by atoms with van der Waals surface area (Å²) in [5.74, 6) is -0.275. The van der Waals surface area contributed by atoms with Gasteiger partial charge in [0.25, 0.3) is 5.56 Å². The summed E-state index contributed by atoms with van der Waals surface area (Å²) in [6, 6.07) is 19.4. The fraction of sp³-hybridized carbons (Fsp3) is 0.333. The van der Waals surface area contributed by atoms with Crippen molar-refractivity contribution in [2.24, 2.45) is 0 Å². The highest BCUT2D eigenvalue weighted by Crippen LogP contribution is 2.14. The molecule has 4 aromatic rings. The number of aromatic nitrogens is 4. The average molecular weight is 474 g/mol. The topological polar surface area (TPSA) is 90.9 Å². The van der Waals surface area contributed by atoms with E-state index in [0.29, 0.717) is 23.3 Å². The number of fused-ring (bicyclic) bond motifs is 1. The van der Waals surface area contributed by atoms with Gasteiger partial charge in [-0.2, -0.15) is 5.10 Å². The lowest BCUT2D eigenvalue weighted by Gasteiger charge is -2.16. The molecule has 1 N–H and O–H groups in total. The molecule has 2 aromatic heterocycles. The molecule has 4 rings (SSSR count). The smallest absolute Gasteiger partial charge is 0.332 e. The van der Waals surface area contributed by atoms with Crippen LogP contribution in [0.5, 0.6) is 0 Å². The number of carbonyl (C=O) groups excluding carboxylic acids is 1. The summed E-state index contributed by atoms with van der Waals surface area (Å²) in [5.41, 5.74) is 2.43. The lowest BCUT2D eigenvalue weighted by atomic mass is 10.1. The van der Waals surface area contributed by atoms with Gasteiger partial charge < -0.3 is 5.32 Å². The van der Waals surface area contributed by atoms with Crippen molar-refractivity contribution in [3.8, 4) is 0 Å². The van der Waals surface area contributed by atoms with Crippen molar-refractivity contribution >= 4 is 16.9 Å². The molecular weight excluding hydrogens is 442 g/mol. The van der Waals surface area contributed by atoms with Gasteiger partial charge in [-0.3, -0.25) is 23.4 Å². The SMILES string of the molecule is CCn1nc(C)c2c1c(=O)n(Cc1ccccc1)c(=O)n2CC(=O)NC(C)CCc1ccccc1. The molecule has 0 radical (unpaired) electrons. The van der Waals surface area contributed by atoms with Gasteiger partial charge in [0.05, 0.1) is 12.2 Å². The van der Waals surface area contributed by atoms with Crippen LogP contribution in [0.15, 0.2) is 70.3 Å². The van der Waals surface area contributed by atoms with Crippen LogP contribution >= 0.6 is 0 Å². The van der Waals surface area contributed by atoms with E-state index in [2.05, 4.69) is 22.5 Å². The van der Waals surface area contributed by atoms with Crippen LogP contribution in [-0.4, -0.2) is 30.9 Å². The Hall–Kier alpha value is -3.94. The molecular formula is C27H31N5O3. The van der Waals surface area contributed by atoms with E-state index in [1.54, 1.807) is 11.6 Å². The number of hydrogen-bond donors (Lipinski definition) is 1. The van der Waals surface area contributed by atoms with Crippen molar-refractivity contribution in [3.05, 3.63) is 98.3 Å². The Morgan fingerprint density at radius 3 is 2.20 bits per heavy atom. The van der Waals surface area contributed by atoms with E-state index in [9.17, 15) is 14.4 Å². The zero-order chi connectivity index (χ0) is 24.9. The molecule has 1 unspecified atom stereocenters. The Kier molecular flexibility index (Phi) is 7.29. The maximum absolute atomic E-state index is 13.5. The molecule has 1 atom stereocenters. The molecule has 8 heteroatoms. The molecule has 182 valence electrons. The molecule has 0 aliphatic heterocycles. The molecule has 0 spiro atoms. The Bertz CT molecular complexity index is 1440. The molecule has 0 fully saturated rings. The third-order valence-electron chi connectivity index (χ3n) is 6.18. The summed E-state index contributed by atoms with van der Waals surface area (Å²) in [5, 5.41) is 7.46. The van der Waals surface area contributed by atoms with E-state index in [0.717, 1.165) is 18.4 Å². The Balaban J connectivity index is 1.64. The third kappa shape index (κ3) is 5.26. The first-order valence-electron chi connectivity index (χ1n) is 12.0. The molecule has 0 saturated heterocycles. The zero-order valence-corrected chi connectivity index (χ0v) is 20.4. The Labute approximate surface area is 203 Å². The molecule has 35 heavy (non-hydrogen) atoms. The normalized spacial score (nSPS) is 12.1. The second kappa shape index (κ2) is 10.5. The van der Waals surface area contributed by atoms with Gasteiger partial charge in [0, 0.05) is 12.6 Å². The van der Waals surface area contributed by atoms with Crippen molar-refractivity contribution in [1.29, 1.82) is 0 Å². The van der Waals surface area contributed by atoms with Crippen LogP contribution in [0.4, 0.5) is 0 Å². The lowest BCUT2D eigenvalue weighted by Crippen LogP contribution is -2.44.